The highest BCUT2D eigenvalue weighted by atomic mass is 16.5. The molecule has 0 aromatic heterocycles. The highest BCUT2D eigenvalue weighted by Gasteiger charge is 2.23. The summed E-state index contributed by atoms with van der Waals surface area (Å²) in [5.41, 5.74) is 2.16. The van der Waals surface area contributed by atoms with Crippen LogP contribution in [-0.2, 0) is 22.6 Å². The quantitative estimate of drug-likeness (QED) is 0.788. The van der Waals surface area contributed by atoms with E-state index in [1.54, 1.807) is 31.3 Å². The minimum Gasteiger partial charge on any atom is -0.493 e. The standard InChI is InChI=1S/C21H24N2O5/c1-26-18-10-15-8-9-23(13-16(15)11-19(18)27-2)21(25)12-22-20(24)14-28-17-6-4-3-5-7-17/h3-7,10-11H,8-9,12-14H2,1-2H3,(H,22,24). The molecule has 1 heterocycles. The number of benzene rings is 2. The first-order chi connectivity index (χ1) is 13.6. The number of hydrogen-bond donors (Lipinski definition) is 1. The minimum atomic E-state index is -0.332. The lowest BCUT2D eigenvalue weighted by Gasteiger charge is -2.29. The molecule has 1 aliphatic rings. The van der Waals surface area contributed by atoms with Gasteiger partial charge in [-0.3, -0.25) is 9.59 Å². The van der Waals surface area contributed by atoms with E-state index in [2.05, 4.69) is 5.32 Å². The summed E-state index contributed by atoms with van der Waals surface area (Å²) in [6, 6.07) is 12.9. The number of amides is 2. The van der Waals surface area contributed by atoms with E-state index in [4.69, 9.17) is 14.2 Å². The normalized spacial score (nSPS) is 12.7. The van der Waals surface area contributed by atoms with Crippen molar-refractivity contribution in [3.63, 3.8) is 0 Å². The molecule has 1 N–H and O–H groups in total. The van der Waals surface area contributed by atoms with Crippen molar-refractivity contribution in [2.24, 2.45) is 0 Å². The number of methoxy groups -OCH3 is 2. The summed E-state index contributed by atoms with van der Waals surface area (Å²) < 4.78 is 16.0. The lowest BCUT2D eigenvalue weighted by atomic mass is 9.98. The Hall–Kier alpha value is -3.22. The van der Waals surface area contributed by atoms with Crippen LogP contribution in [0.15, 0.2) is 42.5 Å². The maximum atomic E-state index is 12.5. The Labute approximate surface area is 164 Å². The summed E-state index contributed by atoms with van der Waals surface area (Å²) >= 11 is 0. The first-order valence-corrected chi connectivity index (χ1v) is 9.07. The number of nitrogens with zero attached hydrogens (tertiary/aromatic N) is 1. The second-order valence-corrected chi connectivity index (χ2v) is 6.42. The Morgan fingerprint density at radius 1 is 1.04 bits per heavy atom. The van der Waals surface area contributed by atoms with E-state index in [9.17, 15) is 9.59 Å². The Morgan fingerprint density at radius 3 is 2.39 bits per heavy atom. The number of carbonyl (C=O) groups is 2. The molecule has 0 radical (unpaired) electrons. The number of ether oxygens (including phenoxy) is 3. The van der Waals surface area contributed by atoms with Crippen molar-refractivity contribution in [2.75, 3.05) is 33.9 Å². The number of fused-ring (bicyclic) bond motifs is 1. The summed E-state index contributed by atoms with van der Waals surface area (Å²) in [6.45, 7) is 0.888. The van der Waals surface area contributed by atoms with Crippen molar-refractivity contribution in [1.29, 1.82) is 0 Å². The zero-order chi connectivity index (χ0) is 19.9. The third kappa shape index (κ3) is 4.73. The van der Waals surface area contributed by atoms with Crippen LogP contribution in [0.5, 0.6) is 17.2 Å². The molecule has 0 bridgehead atoms. The van der Waals surface area contributed by atoms with Crippen molar-refractivity contribution >= 4 is 11.8 Å². The molecule has 0 aliphatic carbocycles. The van der Waals surface area contributed by atoms with Gasteiger partial charge < -0.3 is 24.4 Å². The molecule has 0 saturated carbocycles. The van der Waals surface area contributed by atoms with E-state index in [0.29, 0.717) is 30.3 Å². The van der Waals surface area contributed by atoms with Crippen molar-refractivity contribution in [2.45, 2.75) is 13.0 Å². The topological polar surface area (TPSA) is 77.1 Å². The van der Waals surface area contributed by atoms with Crippen LogP contribution in [0.25, 0.3) is 0 Å². The molecule has 1 aliphatic heterocycles. The predicted molar refractivity (Wildman–Crippen MR) is 104 cm³/mol. The lowest BCUT2D eigenvalue weighted by molar-refractivity contribution is -0.134. The maximum absolute atomic E-state index is 12.5. The zero-order valence-corrected chi connectivity index (χ0v) is 16.1. The van der Waals surface area contributed by atoms with Crippen LogP contribution < -0.4 is 19.5 Å². The second-order valence-electron chi connectivity index (χ2n) is 6.42. The van der Waals surface area contributed by atoms with Gasteiger partial charge in [0.15, 0.2) is 18.1 Å². The molecule has 2 amide bonds. The van der Waals surface area contributed by atoms with Gasteiger partial charge in [-0.1, -0.05) is 18.2 Å². The smallest absolute Gasteiger partial charge is 0.258 e. The second kappa shape index (κ2) is 9.12. The van der Waals surface area contributed by atoms with E-state index >= 15 is 0 Å². The van der Waals surface area contributed by atoms with Gasteiger partial charge in [-0.05, 0) is 41.8 Å². The third-order valence-electron chi connectivity index (χ3n) is 4.62. The monoisotopic (exact) mass is 384 g/mol. The van der Waals surface area contributed by atoms with Gasteiger partial charge in [0.05, 0.1) is 20.8 Å². The van der Waals surface area contributed by atoms with E-state index in [1.807, 2.05) is 30.3 Å². The van der Waals surface area contributed by atoms with Gasteiger partial charge in [0.25, 0.3) is 5.91 Å². The molecule has 148 valence electrons. The summed E-state index contributed by atoms with van der Waals surface area (Å²) in [4.78, 5) is 26.1. The van der Waals surface area contributed by atoms with Gasteiger partial charge >= 0.3 is 0 Å². The number of para-hydroxylation sites is 1. The molecule has 7 nitrogen and oxygen atoms in total. The van der Waals surface area contributed by atoms with Crippen LogP contribution in [0.2, 0.25) is 0 Å². The van der Waals surface area contributed by atoms with Gasteiger partial charge in [0.2, 0.25) is 5.91 Å². The minimum absolute atomic E-state index is 0.0559. The predicted octanol–water partition coefficient (Wildman–Crippen LogP) is 1.78. The van der Waals surface area contributed by atoms with Crippen LogP contribution in [0.1, 0.15) is 11.1 Å². The average Bonchev–Trinajstić information content (AvgIpc) is 2.75. The number of rotatable bonds is 7. The van der Waals surface area contributed by atoms with Crippen LogP contribution in [0.3, 0.4) is 0 Å². The molecule has 0 spiro atoms. The van der Waals surface area contributed by atoms with Crippen molar-refractivity contribution in [1.82, 2.24) is 10.2 Å². The molecule has 7 heteroatoms. The largest absolute Gasteiger partial charge is 0.493 e. The molecule has 0 fully saturated rings. The first kappa shape index (κ1) is 19.5. The van der Waals surface area contributed by atoms with E-state index in [-0.39, 0.29) is 25.0 Å². The van der Waals surface area contributed by atoms with Crippen molar-refractivity contribution in [3.8, 4) is 17.2 Å². The molecule has 0 unspecified atom stereocenters. The summed E-state index contributed by atoms with van der Waals surface area (Å²) in [5, 5.41) is 2.61. The van der Waals surface area contributed by atoms with Gasteiger partial charge in [-0.25, -0.2) is 0 Å². The molecular weight excluding hydrogens is 360 g/mol. The van der Waals surface area contributed by atoms with Crippen LogP contribution in [0.4, 0.5) is 0 Å². The number of carbonyl (C=O) groups excluding carboxylic acids is 2. The first-order valence-electron chi connectivity index (χ1n) is 9.07. The van der Waals surface area contributed by atoms with Gasteiger partial charge in [0.1, 0.15) is 5.75 Å². The summed E-state index contributed by atoms with van der Waals surface area (Å²) in [7, 11) is 3.19. The highest BCUT2D eigenvalue weighted by molar-refractivity contribution is 5.85. The van der Waals surface area contributed by atoms with Gasteiger partial charge in [-0.2, -0.15) is 0 Å². The van der Waals surface area contributed by atoms with Gasteiger partial charge in [0, 0.05) is 13.1 Å². The molecule has 28 heavy (non-hydrogen) atoms. The number of nitrogens with one attached hydrogen (secondary N) is 1. The Balaban J connectivity index is 1.51. The fourth-order valence-corrected chi connectivity index (χ4v) is 3.10. The molecular formula is C21H24N2O5. The summed E-state index contributed by atoms with van der Waals surface area (Å²) in [6.07, 6.45) is 0.729. The van der Waals surface area contributed by atoms with E-state index in [0.717, 1.165) is 17.5 Å². The fourth-order valence-electron chi connectivity index (χ4n) is 3.10. The third-order valence-corrected chi connectivity index (χ3v) is 4.62. The fraction of sp³-hybridized carbons (Fsp3) is 0.333. The molecule has 2 aromatic carbocycles. The molecule has 3 rings (SSSR count). The zero-order valence-electron chi connectivity index (χ0n) is 16.1. The average molecular weight is 384 g/mol. The van der Waals surface area contributed by atoms with E-state index < -0.39 is 0 Å². The van der Waals surface area contributed by atoms with Crippen molar-refractivity contribution < 1.29 is 23.8 Å². The highest BCUT2D eigenvalue weighted by Crippen LogP contribution is 2.33. The molecule has 2 aromatic rings. The van der Waals surface area contributed by atoms with Gasteiger partial charge in [-0.15, -0.1) is 0 Å². The lowest BCUT2D eigenvalue weighted by Crippen LogP contribution is -2.43. The maximum Gasteiger partial charge on any atom is 0.258 e. The SMILES string of the molecule is COc1cc2c(cc1OC)CN(C(=O)CNC(=O)COc1ccccc1)CC2. The summed E-state index contributed by atoms with van der Waals surface area (Å²) in [5.74, 6) is 1.48. The van der Waals surface area contributed by atoms with Crippen molar-refractivity contribution in [3.05, 3.63) is 53.6 Å². The Morgan fingerprint density at radius 2 is 1.71 bits per heavy atom. The number of hydrogen-bond acceptors (Lipinski definition) is 5. The van der Waals surface area contributed by atoms with Crippen LogP contribution >= 0.6 is 0 Å². The Bertz CT molecular complexity index is 838. The van der Waals surface area contributed by atoms with E-state index in [1.165, 1.54) is 0 Å². The van der Waals surface area contributed by atoms with Crippen LogP contribution in [0, 0.1) is 0 Å². The molecule has 0 atom stereocenters. The molecule has 0 saturated heterocycles. The van der Waals surface area contributed by atoms with Crippen LogP contribution in [-0.4, -0.2) is 50.6 Å². The Kier molecular flexibility index (Phi) is 6.37.